The van der Waals surface area contributed by atoms with Gasteiger partial charge in [-0.15, -0.1) is 0 Å². The van der Waals surface area contributed by atoms with E-state index in [9.17, 15) is 23.3 Å². The van der Waals surface area contributed by atoms with Crippen LogP contribution in [0.1, 0.15) is 27.0 Å². The number of nitro groups is 1. The first-order valence-electron chi connectivity index (χ1n) is 10.1. The minimum absolute atomic E-state index is 0.0522. The first kappa shape index (κ1) is 24.3. The number of hydrogen-bond acceptors (Lipinski definition) is 6. The van der Waals surface area contributed by atoms with Gasteiger partial charge in [0.15, 0.2) is 0 Å². The molecule has 0 saturated carbocycles. The third-order valence-corrected chi connectivity index (χ3v) is 6.13. The highest BCUT2D eigenvalue weighted by Crippen LogP contribution is 2.21. The number of amides is 1. The summed E-state index contributed by atoms with van der Waals surface area (Å²) in [7, 11) is -3.91. The van der Waals surface area contributed by atoms with Crippen LogP contribution in [0.2, 0.25) is 0 Å². The second-order valence-electron chi connectivity index (χ2n) is 7.35. The summed E-state index contributed by atoms with van der Waals surface area (Å²) >= 11 is 0. The number of benzene rings is 3. The van der Waals surface area contributed by atoms with E-state index in [0.717, 1.165) is 11.1 Å². The molecule has 0 saturated heterocycles. The zero-order valence-electron chi connectivity index (χ0n) is 18.4. The summed E-state index contributed by atoms with van der Waals surface area (Å²) in [6.07, 6.45) is 4.19. The van der Waals surface area contributed by atoms with Crippen LogP contribution in [0.5, 0.6) is 0 Å². The fourth-order valence-electron chi connectivity index (χ4n) is 3.08. The van der Waals surface area contributed by atoms with Crippen LogP contribution in [-0.2, 0) is 10.0 Å². The molecule has 0 radical (unpaired) electrons. The van der Waals surface area contributed by atoms with Crippen molar-refractivity contribution in [1.82, 2.24) is 5.43 Å². The van der Waals surface area contributed by atoms with Gasteiger partial charge in [0.2, 0.25) is 0 Å². The Hall–Kier alpha value is -4.31. The molecule has 0 bridgehead atoms. The number of hydrogen-bond donors (Lipinski definition) is 2. The Bertz CT molecular complexity index is 1400. The van der Waals surface area contributed by atoms with Gasteiger partial charge in [-0.05, 0) is 61.9 Å². The predicted octanol–water partition coefficient (Wildman–Crippen LogP) is 4.44. The lowest BCUT2D eigenvalue weighted by Crippen LogP contribution is -2.19. The van der Waals surface area contributed by atoms with Crippen LogP contribution in [0.25, 0.3) is 6.08 Å². The lowest BCUT2D eigenvalue weighted by atomic mass is 10.1. The van der Waals surface area contributed by atoms with Crippen molar-refractivity contribution in [2.45, 2.75) is 18.7 Å². The molecule has 34 heavy (non-hydrogen) atoms. The average molecular weight is 479 g/mol. The molecule has 174 valence electrons. The molecular formula is C24H22N4O5S. The summed E-state index contributed by atoms with van der Waals surface area (Å²) in [6.45, 7) is 3.72. The van der Waals surface area contributed by atoms with E-state index >= 15 is 0 Å². The average Bonchev–Trinajstić information content (AvgIpc) is 2.81. The van der Waals surface area contributed by atoms with Crippen molar-refractivity contribution in [2.75, 3.05) is 4.72 Å². The Balaban J connectivity index is 1.68. The van der Waals surface area contributed by atoms with Crippen LogP contribution in [-0.4, -0.2) is 25.5 Å². The van der Waals surface area contributed by atoms with E-state index in [2.05, 4.69) is 15.2 Å². The number of hydrazone groups is 1. The van der Waals surface area contributed by atoms with Crippen molar-refractivity contribution in [3.05, 3.63) is 105 Å². The summed E-state index contributed by atoms with van der Waals surface area (Å²) in [4.78, 5) is 22.9. The van der Waals surface area contributed by atoms with Gasteiger partial charge < -0.3 is 0 Å². The molecule has 0 spiro atoms. The van der Waals surface area contributed by atoms with Gasteiger partial charge in [-0.25, -0.2) is 13.8 Å². The number of carbonyl (C=O) groups excluding carboxylic acids is 1. The predicted molar refractivity (Wildman–Crippen MR) is 131 cm³/mol. The molecule has 0 aliphatic heterocycles. The van der Waals surface area contributed by atoms with Crippen LogP contribution in [0, 0.1) is 24.0 Å². The van der Waals surface area contributed by atoms with Gasteiger partial charge in [0, 0.05) is 17.8 Å². The number of anilines is 1. The second-order valence-corrected chi connectivity index (χ2v) is 9.03. The Morgan fingerprint density at radius 1 is 1.03 bits per heavy atom. The number of nitrogens with one attached hydrogen (secondary N) is 2. The third kappa shape index (κ3) is 6.14. The van der Waals surface area contributed by atoms with E-state index in [1.165, 1.54) is 48.7 Å². The lowest BCUT2D eigenvalue weighted by Gasteiger charge is -2.12. The first-order chi connectivity index (χ1) is 16.2. The number of nitrogens with zero attached hydrogens (tertiary/aromatic N) is 2. The second kappa shape index (κ2) is 10.5. The molecule has 1 amide bonds. The topological polar surface area (TPSA) is 131 Å². The van der Waals surface area contributed by atoms with Gasteiger partial charge in [-0.3, -0.25) is 19.6 Å². The number of nitro benzene ring substituents is 1. The number of rotatable bonds is 8. The number of allylic oxidation sites excluding steroid dienone is 1. The molecule has 0 unspecified atom stereocenters. The maximum atomic E-state index is 12.8. The van der Waals surface area contributed by atoms with Crippen molar-refractivity contribution in [3.8, 4) is 0 Å². The van der Waals surface area contributed by atoms with E-state index in [1.54, 1.807) is 37.3 Å². The van der Waals surface area contributed by atoms with Crippen LogP contribution >= 0.6 is 0 Å². The van der Waals surface area contributed by atoms with Crippen molar-refractivity contribution in [1.29, 1.82) is 0 Å². The molecule has 0 atom stereocenters. The summed E-state index contributed by atoms with van der Waals surface area (Å²) in [6, 6.07) is 17.1. The molecule has 0 heterocycles. The monoisotopic (exact) mass is 478 g/mol. The maximum Gasteiger partial charge on any atom is 0.276 e. The van der Waals surface area contributed by atoms with Gasteiger partial charge in [-0.2, -0.15) is 5.10 Å². The molecule has 10 heteroatoms. The van der Waals surface area contributed by atoms with Crippen molar-refractivity contribution in [2.24, 2.45) is 5.10 Å². The van der Waals surface area contributed by atoms with Crippen molar-refractivity contribution >= 4 is 39.6 Å². The van der Waals surface area contributed by atoms with E-state index < -0.39 is 20.9 Å². The SMILES string of the molecule is Cc1ccc(NS(=O)(=O)c2cccc(C(=O)NN=CC=Cc3ccccc3[N+](=O)[O-])c2)c(C)c1. The summed E-state index contributed by atoms with van der Waals surface area (Å²) in [5.74, 6) is -0.612. The first-order valence-corrected chi connectivity index (χ1v) is 11.6. The third-order valence-electron chi connectivity index (χ3n) is 4.77. The van der Waals surface area contributed by atoms with Gasteiger partial charge in [0.25, 0.3) is 21.6 Å². The van der Waals surface area contributed by atoms with E-state index in [0.29, 0.717) is 11.3 Å². The molecule has 0 aliphatic carbocycles. The van der Waals surface area contributed by atoms with Gasteiger partial charge in [-0.1, -0.05) is 35.9 Å². The Kier molecular flexibility index (Phi) is 7.54. The normalized spacial score (nSPS) is 11.6. The Morgan fingerprint density at radius 2 is 1.79 bits per heavy atom. The van der Waals surface area contributed by atoms with E-state index in [4.69, 9.17) is 0 Å². The molecule has 3 aromatic rings. The molecule has 3 aromatic carbocycles. The molecule has 0 aliphatic rings. The van der Waals surface area contributed by atoms with Crippen molar-refractivity contribution in [3.63, 3.8) is 0 Å². The van der Waals surface area contributed by atoms with Gasteiger partial charge in [0.05, 0.1) is 21.1 Å². The van der Waals surface area contributed by atoms with Crippen LogP contribution in [0.15, 0.2) is 82.8 Å². The summed E-state index contributed by atoms with van der Waals surface area (Å²) in [5.41, 5.74) is 4.98. The minimum Gasteiger partial charge on any atom is -0.279 e. The number of para-hydroxylation sites is 1. The smallest absolute Gasteiger partial charge is 0.276 e. The number of sulfonamides is 1. The van der Waals surface area contributed by atoms with E-state index in [-0.39, 0.29) is 16.1 Å². The fraction of sp³-hybridized carbons (Fsp3) is 0.0833. The highest BCUT2D eigenvalue weighted by molar-refractivity contribution is 7.92. The largest absolute Gasteiger partial charge is 0.279 e. The number of carbonyl (C=O) groups is 1. The zero-order chi connectivity index (χ0) is 24.7. The number of aryl methyl sites for hydroxylation is 2. The van der Waals surface area contributed by atoms with Gasteiger partial charge >= 0.3 is 0 Å². The summed E-state index contributed by atoms with van der Waals surface area (Å²) in [5, 5.41) is 14.8. The van der Waals surface area contributed by atoms with Gasteiger partial charge in [0.1, 0.15) is 0 Å². The minimum atomic E-state index is -3.91. The molecule has 3 rings (SSSR count). The molecule has 2 N–H and O–H groups in total. The standard InChI is InChI=1S/C24H22N4O5S/c1-17-12-13-22(18(2)15-17)27-34(32,33)21-10-5-8-20(16-21)24(29)26-25-14-6-9-19-7-3-4-11-23(19)28(30)31/h3-16,27H,1-2H3,(H,26,29). The van der Waals surface area contributed by atoms with Crippen LogP contribution < -0.4 is 10.1 Å². The highest BCUT2D eigenvalue weighted by atomic mass is 32.2. The van der Waals surface area contributed by atoms with Crippen molar-refractivity contribution < 1.29 is 18.1 Å². The molecule has 9 nitrogen and oxygen atoms in total. The molecule has 0 aromatic heterocycles. The Labute approximate surface area is 197 Å². The quantitative estimate of drug-likeness (QED) is 0.281. The van der Waals surface area contributed by atoms with E-state index in [1.807, 2.05) is 13.0 Å². The van der Waals surface area contributed by atoms with Crippen LogP contribution in [0.4, 0.5) is 11.4 Å². The zero-order valence-corrected chi connectivity index (χ0v) is 19.2. The maximum absolute atomic E-state index is 12.8. The highest BCUT2D eigenvalue weighted by Gasteiger charge is 2.17. The summed E-state index contributed by atoms with van der Waals surface area (Å²) < 4.78 is 28.1. The van der Waals surface area contributed by atoms with Crippen LogP contribution in [0.3, 0.4) is 0 Å². The Morgan fingerprint density at radius 3 is 2.53 bits per heavy atom. The molecular weight excluding hydrogens is 456 g/mol. The lowest BCUT2D eigenvalue weighted by molar-refractivity contribution is -0.385. The molecule has 0 fully saturated rings. The fourth-order valence-corrected chi connectivity index (χ4v) is 4.26.